The molecule has 2 bridgehead atoms. The lowest BCUT2D eigenvalue weighted by molar-refractivity contribution is -0.114. The first-order chi connectivity index (χ1) is 10.1. The lowest BCUT2D eigenvalue weighted by Crippen LogP contribution is -2.42. The number of thiophene rings is 1. The largest absolute Gasteiger partial charge is 0.325 e. The highest BCUT2D eigenvalue weighted by molar-refractivity contribution is 7.10. The van der Waals surface area contributed by atoms with Crippen LogP contribution in [0.2, 0.25) is 0 Å². The maximum atomic E-state index is 11.2. The van der Waals surface area contributed by atoms with Crippen LogP contribution in [0.1, 0.15) is 37.5 Å². The summed E-state index contributed by atoms with van der Waals surface area (Å²) in [6, 6.07) is 3.61. The molecule has 3 rings (SSSR count). The molecule has 3 heterocycles. The molecule has 0 aromatic carbocycles. The number of amides is 1. The van der Waals surface area contributed by atoms with Crippen LogP contribution in [0.15, 0.2) is 11.4 Å². The zero-order valence-corrected chi connectivity index (χ0v) is 13.7. The molecule has 116 valence electrons. The summed E-state index contributed by atoms with van der Waals surface area (Å²) in [5.41, 5.74) is 0.962. The van der Waals surface area contributed by atoms with Gasteiger partial charge in [-0.25, -0.2) is 0 Å². The van der Waals surface area contributed by atoms with E-state index in [-0.39, 0.29) is 5.91 Å². The van der Waals surface area contributed by atoms with E-state index in [9.17, 15) is 4.79 Å². The third-order valence-corrected chi connectivity index (χ3v) is 5.89. The standard InChI is InChI=1S/C16H25N3OS/c1-11(20)18-15-5-6-21-16(15)10-17-9-12-7-13-3-4-14(8-12)19(13)2/h5-6,12-14,17H,3-4,7-10H2,1-2H3,(H,18,20). The smallest absolute Gasteiger partial charge is 0.221 e. The van der Waals surface area contributed by atoms with E-state index in [1.54, 1.807) is 18.3 Å². The zero-order chi connectivity index (χ0) is 14.8. The molecule has 5 heteroatoms. The highest BCUT2D eigenvalue weighted by Crippen LogP contribution is 2.37. The second-order valence-corrected chi connectivity index (χ2v) is 7.46. The summed E-state index contributed by atoms with van der Waals surface area (Å²) in [6.07, 6.45) is 5.44. The van der Waals surface area contributed by atoms with Gasteiger partial charge in [0.05, 0.1) is 5.69 Å². The van der Waals surface area contributed by atoms with E-state index in [1.807, 2.05) is 11.4 Å². The van der Waals surface area contributed by atoms with Crippen LogP contribution in [0.3, 0.4) is 0 Å². The predicted octanol–water partition coefficient (Wildman–Crippen LogP) is 2.67. The van der Waals surface area contributed by atoms with Crippen molar-refractivity contribution < 1.29 is 4.79 Å². The number of anilines is 1. The number of hydrogen-bond acceptors (Lipinski definition) is 4. The molecule has 1 aromatic heterocycles. The first-order valence-electron chi connectivity index (χ1n) is 7.90. The molecule has 1 aromatic rings. The van der Waals surface area contributed by atoms with Gasteiger partial charge in [0.25, 0.3) is 0 Å². The molecule has 21 heavy (non-hydrogen) atoms. The van der Waals surface area contributed by atoms with E-state index in [2.05, 4.69) is 22.6 Å². The van der Waals surface area contributed by atoms with Crippen molar-refractivity contribution in [2.24, 2.45) is 5.92 Å². The van der Waals surface area contributed by atoms with Gasteiger partial charge in [0, 0.05) is 30.4 Å². The summed E-state index contributed by atoms with van der Waals surface area (Å²) in [7, 11) is 2.29. The van der Waals surface area contributed by atoms with Crippen molar-refractivity contribution >= 4 is 22.9 Å². The van der Waals surface area contributed by atoms with Gasteiger partial charge >= 0.3 is 0 Å². The molecule has 0 spiro atoms. The van der Waals surface area contributed by atoms with Crippen LogP contribution in [0.25, 0.3) is 0 Å². The average Bonchev–Trinajstić information content (AvgIpc) is 2.92. The van der Waals surface area contributed by atoms with Crippen molar-refractivity contribution in [3.05, 3.63) is 16.3 Å². The highest BCUT2D eigenvalue weighted by atomic mass is 32.1. The number of hydrogen-bond donors (Lipinski definition) is 2. The Morgan fingerprint density at radius 1 is 1.38 bits per heavy atom. The van der Waals surface area contributed by atoms with E-state index >= 15 is 0 Å². The molecule has 2 atom stereocenters. The molecule has 2 aliphatic rings. The van der Waals surface area contributed by atoms with E-state index in [0.29, 0.717) is 0 Å². The van der Waals surface area contributed by atoms with Gasteiger partial charge in [-0.15, -0.1) is 11.3 Å². The van der Waals surface area contributed by atoms with Gasteiger partial charge in [0.1, 0.15) is 0 Å². The van der Waals surface area contributed by atoms with E-state index in [4.69, 9.17) is 0 Å². The molecule has 1 amide bonds. The molecule has 2 saturated heterocycles. The molecular weight excluding hydrogens is 282 g/mol. The maximum Gasteiger partial charge on any atom is 0.221 e. The number of carbonyl (C=O) groups excluding carboxylic acids is 1. The number of fused-ring (bicyclic) bond motifs is 2. The van der Waals surface area contributed by atoms with Gasteiger partial charge < -0.3 is 15.5 Å². The Morgan fingerprint density at radius 2 is 2.10 bits per heavy atom. The van der Waals surface area contributed by atoms with Crippen LogP contribution >= 0.6 is 11.3 Å². The molecule has 0 saturated carbocycles. The zero-order valence-electron chi connectivity index (χ0n) is 12.9. The second-order valence-electron chi connectivity index (χ2n) is 6.46. The van der Waals surface area contributed by atoms with Crippen molar-refractivity contribution in [2.75, 3.05) is 18.9 Å². The van der Waals surface area contributed by atoms with Crippen LogP contribution in [-0.2, 0) is 11.3 Å². The van der Waals surface area contributed by atoms with E-state index < -0.39 is 0 Å². The summed E-state index contributed by atoms with van der Waals surface area (Å²) in [6.45, 7) is 3.51. The molecule has 2 fully saturated rings. The monoisotopic (exact) mass is 307 g/mol. The summed E-state index contributed by atoms with van der Waals surface area (Å²) < 4.78 is 0. The third-order valence-electron chi connectivity index (χ3n) is 4.97. The number of nitrogens with zero attached hydrogens (tertiary/aromatic N) is 1. The van der Waals surface area contributed by atoms with Crippen LogP contribution in [0.5, 0.6) is 0 Å². The Kier molecular flexibility index (Phi) is 4.62. The van der Waals surface area contributed by atoms with Gasteiger partial charge in [0.15, 0.2) is 0 Å². The predicted molar refractivity (Wildman–Crippen MR) is 87.6 cm³/mol. The fraction of sp³-hybridized carbons (Fsp3) is 0.688. The van der Waals surface area contributed by atoms with Crippen LogP contribution in [-0.4, -0.2) is 36.5 Å². The highest BCUT2D eigenvalue weighted by Gasteiger charge is 2.37. The minimum Gasteiger partial charge on any atom is -0.325 e. The number of rotatable bonds is 5. The van der Waals surface area contributed by atoms with Crippen molar-refractivity contribution in [2.45, 2.75) is 51.2 Å². The second kappa shape index (κ2) is 6.46. The van der Waals surface area contributed by atoms with Crippen LogP contribution in [0.4, 0.5) is 5.69 Å². The molecule has 0 radical (unpaired) electrons. The molecule has 2 unspecified atom stereocenters. The molecule has 4 nitrogen and oxygen atoms in total. The molecule has 0 aliphatic carbocycles. The number of piperidine rings is 1. The molecular formula is C16H25N3OS. The first-order valence-corrected chi connectivity index (χ1v) is 8.78. The summed E-state index contributed by atoms with van der Waals surface area (Å²) >= 11 is 1.71. The van der Waals surface area contributed by atoms with Gasteiger partial charge in [0.2, 0.25) is 5.91 Å². The summed E-state index contributed by atoms with van der Waals surface area (Å²) in [5, 5.41) is 8.53. The fourth-order valence-electron chi connectivity index (χ4n) is 3.86. The third kappa shape index (κ3) is 3.47. The van der Waals surface area contributed by atoms with Crippen LogP contribution < -0.4 is 10.6 Å². The maximum absolute atomic E-state index is 11.2. The fourth-order valence-corrected chi connectivity index (χ4v) is 4.66. The first kappa shape index (κ1) is 15.0. The quantitative estimate of drug-likeness (QED) is 0.879. The Bertz CT molecular complexity index is 487. The Morgan fingerprint density at radius 3 is 2.76 bits per heavy atom. The van der Waals surface area contributed by atoms with Gasteiger partial charge in [-0.1, -0.05) is 0 Å². The van der Waals surface area contributed by atoms with Crippen molar-refractivity contribution in [3.63, 3.8) is 0 Å². The summed E-state index contributed by atoms with van der Waals surface area (Å²) in [5.74, 6) is 0.810. The van der Waals surface area contributed by atoms with Gasteiger partial charge in [-0.05, 0) is 56.6 Å². The minimum atomic E-state index is 0.00143. The van der Waals surface area contributed by atoms with Crippen LogP contribution in [0, 0.1) is 5.92 Å². The minimum absolute atomic E-state index is 0.00143. The van der Waals surface area contributed by atoms with Gasteiger partial charge in [-0.3, -0.25) is 4.79 Å². The van der Waals surface area contributed by atoms with Crippen molar-refractivity contribution in [3.8, 4) is 0 Å². The lowest BCUT2D eigenvalue weighted by Gasteiger charge is -2.36. The topological polar surface area (TPSA) is 44.4 Å². The van der Waals surface area contributed by atoms with Crippen molar-refractivity contribution in [1.82, 2.24) is 10.2 Å². The number of nitrogens with one attached hydrogen (secondary N) is 2. The molecule has 2 N–H and O–H groups in total. The van der Waals surface area contributed by atoms with E-state index in [1.165, 1.54) is 30.6 Å². The normalized spacial score (nSPS) is 28.8. The Labute approximate surface area is 130 Å². The van der Waals surface area contributed by atoms with Gasteiger partial charge in [-0.2, -0.15) is 0 Å². The average molecular weight is 307 g/mol. The van der Waals surface area contributed by atoms with Crippen molar-refractivity contribution in [1.29, 1.82) is 0 Å². The van der Waals surface area contributed by atoms with E-state index in [0.717, 1.165) is 36.8 Å². The lowest BCUT2D eigenvalue weighted by atomic mass is 9.91. The number of carbonyl (C=O) groups is 1. The Hall–Kier alpha value is -0.910. The Balaban J connectivity index is 1.46. The SMILES string of the molecule is CC(=O)Nc1ccsc1CNCC1CC2CCC(C1)N2C. The summed E-state index contributed by atoms with van der Waals surface area (Å²) in [4.78, 5) is 15.0. The molecule has 2 aliphatic heterocycles.